The first kappa shape index (κ1) is 16.3. The van der Waals surface area contributed by atoms with E-state index in [0.29, 0.717) is 23.7 Å². The first-order chi connectivity index (χ1) is 12.0. The zero-order chi connectivity index (χ0) is 17.6. The smallest absolute Gasteiger partial charge is 0.255 e. The van der Waals surface area contributed by atoms with Gasteiger partial charge < -0.3 is 10.2 Å². The molecular weight excluding hydrogens is 314 g/mol. The van der Waals surface area contributed by atoms with Gasteiger partial charge in [-0.15, -0.1) is 0 Å². The highest BCUT2D eigenvalue weighted by molar-refractivity contribution is 5.94. The monoisotopic (exact) mass is 339 g/mol. The van der Waals surface area contributed by atoms with Crippen LogP contribution in [0.2, 0.25) is 0 Å². The molecule has 1 amide bonds. The predicted octanol–water partition coefficient (Wildman–Crippen LogP) is 2.24. The van der Waals surface area contributed by atoms with E-state index in [1.807, 2.05) is 44.0 Å². The van der Waals surface area contributed by atoms with Crippen molar-refractivity contribution in [1.82, 2.24) is 25.0 Å². The molecule has 2 saturated heterocycles. The van der Waals surface area contributed by atoms with Crippen molar-refractivity contribution in [2.45, 2.75) is 57.7 Å². The molecule has 0 radical (unpaired) electrons. The molecule has 25 heavy (non-hydrogen) atoms. The van der Waals surface area contributed by atoms with E-state index < -0.39 is 0 Å². The summed E-state index contributed by atoms with van der Waals surface area (Å²) in [5.74, 6) is 0.795. The molecule has 4 rings (SSSR count). The average Bonchev–Trinajstić information content (AvgIpc) is 3.14. The Balaban J connectivity index is 1.49. The molecule has 0 aromatic carbocycles. The molecule has 6 heteroatoms. The van der Waals surface area contributed by atoms with Crippen LogP contribution in [0.3, 0.4) is 0 Å². The van der Waals surface area contributed by atoms with Gasteiger partial charge in [-0.25, -0.2) is 9.67 Å². The lowest BCUT2D eigenvalue weighted by molar-refractivity contribution is 0.0681. The molecule has 0 spiro atoms. The SMILES string of the molecule is Cc1cc(C)n(-c2ccc(C(=O)N(C)C3CC4CCC(C3)N4)cn2)n1. The van der Waals surface area contributed by atoms with E-state index in [9.17, 15) is 4.79 Å². The molecule has 0 saturated carbocycles. The van der Waals surface area contributed by atoms with Crippen molar-refractivity contribution < 1.29 is 4.79 Å². The van der Waals surface area contributed by atoms with E-state index in [0.717, 1.165) is 30.0 Å². The van der Waals surface area contributed by atoms with Gasteiger partial charge >= 0.3 is 0 Å². The summed E-state index contributed by atoms with van der Waals surface area (Å²) in [4.78, 5) is 19.2. The largest absolute Gasteiger partial charge is 0.339 e. The van der Waals surface area contributed by atoms with Gasteiger partial charge in [-0.2, -0.15) is 5.10 Å². The van der Waals surface area contributed by atoms with Crippen molar-refractivity contribution in [3.05, 3.63) is 41.3 Å². The summed E-state index contributed by atoms with van der Waals surface area (Å²) in [5, 5.41) is 8.07. The van der Waals surface area contributed by atoms with Crippen LogP contribution < -0.4 is 5.32 Å². The number of amides is 1. The van der Waals surface area contributed by atoms with Crippen molar-refractivity contribution in [3.8, 4) is 5.82 Å². The van der Waals surface area contributed by atoms with Crippen LogP contribution in [-0.4, -0.2) is 50.7 Å². The Morgan fingerprint density at radius 1 is 1.24 bits per heavy atom. The van der Waals surface area contributed by atoms with Crippen LogP contribution in [0.4, 0.5) is 0 Å². The number of carbonyl (C=O) groups is 1. The zero-order valence-electron chi connectivity index (χ0n) is 15.1. The number of rotatable bonds is 3. The maximum atomic E-state index is 12.8. The van der Waals surface area contributed by atoms with Gasteiger partial charge in [-0.1, -0.05) is 0 Å². The van der Waals surface area contributed by atoms with Gasteiger partial charge in [-0.3, -0.25) is 4.79 Å². The van der Waals surface area contributed by atoms with Gasteiger partial charge in [0.1, 0.15) is 0 Å². The number of aromatic nitrogens is 3. The van der Waals surface area contributed by atoms with Crippen molar-refractivity contribution >= 4 is 5.91 Å². The minimum absolute atomic E-state index is 0.0544. The fourth-order valence-electron chi connectivity index (χ4n) is 4.21. The summed E-state index contributed by atoms with van der Waals surface area (Å²) < 4.78 is 1.80. The quantitative estimate of drug-likeness (QED) is 0.931. The molecule has 1 N–H and O–H groups in total. The predicted molar refractivity (Wildman–Crippen MR) is 95.9 cm³/mol. The minimum atomic E-state index is 0.0544. The highest BCUT2D eigenvalue weighted by Gasteiger charge is 2.36. The van der Waals surface area contributed by atoms with Gasteiger partial charge in [0.2, 0.25) is 0 Å². The third kappa shape index (κ3) is 3.06. The molecule has 2 aliphatic rings. The van der Waals surface area contributed by atoms with Gasteiger partial charge in [0.15, 0.2) is 5.82 Å². The Kier molecular flexibility index (Phi) is 4.07. The Morgan fingerprint density at radius 3 is 2.52 bits per heavy atom. The molecule has 4 heterocycles. The van der Waals surface area contributed by atoms with Crippen molar-refractivity contribution in [1.29, 1.82) is 0 Å². The Morgan fingerprint density at radius 2 is 1.96 bits per heavy atom. The summed E-state index contributed by atoms with van der Waals surface area (Å²) in [5.41, 5.74) is 2.63. The number of nitrogens with one attached hydrogen (secondary N) is 1. The highest BCUT2D eigenvalue weighted by atomic mass is 16.2. The second kappa shape index (κ2) is 6.26. The van der Waals surface area contributed by atoms with E-state index in [1.54, 1.807) is 10.9 Å². The van der Waals surface area contributed by atoms with E-state index >= 15 is 0 Å². The van der Waals surface area contributed by atoms with Crippen LogP contribution in [0.25, 0.3) is 5.82 Å². The minimum Gasteiger partial charge on any atom is -0.339 e. The Hall–Kier alpha value is -2.21. The van der Waals surface area contributed by atoms with Gasteiger partial charge in [0.25, 0.3) is 5.91 Å². The lowest BCUT2D eigenvalue weighted by Gasteiger charge is -2.35. The third-order valence-corrected chi connectivity index (χ3v) is 5.54. The van der Waals surface area contributed by atoms with Crippen LogP contribution in [0, 0.1) is 13.8 Å². The number of fused-ring (bicyclic) bond motifs is 2. The molecule has 6 nitrogen and oxygen atoms in total. The number of hydrogen-bond donors (Lipinski definition) is 1. The Labute approximate surface area is 148 Å². The number of carbonyl (C=O) groups excluding carboxylic acids is 1. The van der Waals surface area contributed by atoms with Crippen LogP contribution >= 0.6 is 0 Å². The lowest BCUT2D eigenvalue weighted by atomic mass is 9.98. The van der Waals surface area contributed by atoms with Crippen molar-refractivity contribution in [3.63, 3.8) is 0 Å². The number of pyridine rings is 1. The van der Waals surface area contributed by atoms with E-state index in [2.05, 4.69) is 15.4 Å². The average molecular weight is 339 g/mol. The van der Waals surface area contributed by atoms with Crippen LogP contribution in [0.1, 0.15) is 47.4 Å². The molecular formula is C19H25N5O. The summed E-state index contributed by atoms with van der Waals surface area (Å²) in [6, 6.07) is 7.21. The number of nitrogens with zero attached hydrogens (tertiary/aromatic N) is 4. The van der Waals surface area contributed by atoms with E-state index in [4.69, 9.17) is 0 Å². The van der Waals surface area contributed by atoms with Gasteiger partial charge in [-0.05, 0) is 57.7 Å². The molecule has 132 valence electrons. The summed E-state index contributed by atoms with van der Waals surface area (Å²) >= 11 is 0. The maximum absolute atomic E-state index is 12.8. The first-order valence-corrected chi connectivity index (χ1v) is 9.04. The van der Waals surface area contributed by atoms with Crippen LogP contribution in [0.15, 0.2) is 24.4 Å². The molecule has 2 atom stereocenters. The zero-order valence-corrected chi connectivity index (χ0v) is 15.1. The summed E-state index contributed by atoms with van der Waals surface area (Å²) in [6.45, 7) is 3.96. The summed E-state index contributed by atoms with van der Waals surface area (Å²) in [7, 11) is 1.92. The summed E-state index contributed by atoms with van der Waals surface area (Å²) in [6.07, 6.45) is 6.25. The Bertz CT molecular complexity index is 770. The molecule has 2 aliphatic heterocycles. The molecule has 2 aromatic heterocycles. The van der Waals surface area contributed by atoms with Gasteiger partial charge in [0, 0.05) is 37.1 Å². The second-order valence-electron chi connectivity index (χ2n) is 7.42. The lowest BCUT2D eigenvalue weighted by Crippen LogP contribution is -2.48. The first-order valence-electron chi connectivity index (χ1n) is 9.04. The fourth-order valence-corrected chi connectivity index (χ4v) is 4.21. The molecule has 2 aromatic rings. The molecule has 2 bridgehead atoms. The fraction of sp³-hybridized carbons (Fsp3) is 0.526. The highest BCUT2D eigenvalue weighted by Crippen LogP contribution is 2.29. The van der Waals surface area contributed by atoms with Crippen LogP contribution in [-0.2, 0) is 0 Å². The normalized spacial score (nSPS) is 25.2. The molecule has 0 aliphatic carbocycles. The number of hydrogen-bond acceptors (Lipinski definition) is 4. The number of piperidine rings is 1. The maximum Gasteiger partial charge on any atom is 0.255 e. The van der Waals surface area contributed by atoms with Crippen LogP contribution in [0.5, 0.6) is 0 Å². The van der Waals surface area contributed by atoms with Crippen molar-refractivity contribution in [2.24, 2.45) is 0 Å². The standard InChI is InChI=1S/C19H25N5O/c1-12-8-13(2)24(22-12)18-7-4-14(11-20-18)19(25)23(3)17-9-15-5-6-16(10-17)21-15/h4,7-8,11,15-17,21H,5-6,9-10H2,1-3H3. The topological polar surface area (TPSA) is 63.1 Å². The molecule has 2 fully saturated rings. The molecule has 2 unspecified atom stereocenters. The van der Waals surface area contributed by atoms with E-state index in [1.165, 1.54) is 12.8 Å². The van der Waals surface area contributed by atoms with Crippen molar-refractivity contribution in [2.75, 3.05) is 7.05 Å². The number of aryl methyl sites for hydroxylation is 2. The second-order valence-corrected chi connectivity index (χ2v) is 7.42. The van der Waals surface area contributed by atoms with Gasteiger partial charge in [0.05, 0.1) is 11.3 Å². The van der Waals surface area contributed by atoms with E-state index in [-0.39, 0.29) is 5.91 Å². The third-order valence-electron chi connectivity index (χ3n) is 5.54.